The molecule has 22 heavy (non-hydrogen) atoms. The van der Waals surface area contributed by atoms with Crippen LogP contribution in [-0.2, 0) is 0 Å². The van der Waals surface area contributed by atoms with Crippen molar-refractivity contribution >= 4 is 15.9 Å². The predicted molar refractivity (Wildman–Crippen MR) is 94.5 cm³/mol. The summed E-state index contributed by atoms with van der Waals surface area (Å²) in [5.41, 5.74) is 1.41. The third-order valence-electron chi connectivity index (χ3n) is 5.16. The van der Waals surface area contributed by atoms with Gasteiger partial charge in [-0.05, 0) is 42.5 Å². The second kappa shape index (κ2) is 7.80. The quantitative estimate of drug-likeness (QED) is 0.871. The Labute approximate surface area is 142 Å². The van der Waals surface area contributed by atoms with Crippen LogP contribution in [0.2, 0.25) is 0 Å². The third kappa shape index (κ3) is 3.66. The second-order valence-corrected chi connectivity index (χ2v) is 7.37. The van der Waals surface area contributed by atoms with Gasteiger partial charge in [-0.25, -0.2) is 0 Å². The van der Waals surface area contributed by atoms with Crippen molar-refractivity contribution in [3.05, 3.63) is 28.2 Å². The number of ether oxygens (including phenoxy) is 1. The molecule has 122 valence electrons. The summed E-state index contributed by atoms with van der Waals surface area (Å²) >= 11 is 3.80. The van der Waals surface area contributed by atoms with Gasteiger partial charge < -0.3 is 10.1 Å². The van der Waals surface area contributed by atoms with Crippen LogP contribution in [0.1, 0.15) is 43.7 Å². The van der Waals surface area contributed by atoms with Gasteiger partial charge in [0.1, 0.15) is 5.75 Å². The molecule has 1 saturated heterocycles. The van der Waals surface area contributed by atoms with Crippen LogP contribution in [-0.4, -0.2) is 38.2 Å². The van der Waals surface area contributed by atoms with Gasteiger partial charge in [-0.15, -0.1) is 0 Å². The molecule has 1 heterocycles. The third-order valence-corrected chi connectivity index (χ3v) is 5.89. The number of hydrogen-bond donors (Lipinski definition) is 1. The highest BCUT2D eigenvalue weighted by molar-refractivity contribution is 9.10. The monoisotopic (exact) mass is 366 g/mol. The van der Waals surface area contributed by atoms with Crippen molar-refractivity contribution in [3.8, 4) is 5.75 Å². The zero-order valence-corrected chi connectivity index (χ0v) is 15.1. The molecule has 1 N–H and O–H groups in total. The summed E-state index contributed by atoms with van der Waals surface area (Å²) in [5, 5.41) is 3.48. The van der Waals surface area contributed by atoms with Gasteiger partial charge in [-0.1, -0.05) is 35.2 Å². The molecule has 0 aromatic heterocycles. The number of methoxy groups -OCH3 is 1. The van der Waals surface area contributed by atoms with E-state index in [4.69, 9.17) is 4.74 Å². The van der Waals surface area contributed by atoms with E-state index in [1.54, 1.807) is 7.11 Å². The number of nitrogens with zero attached hydrogens (tertiary/aromatic N) is 1. The van der Waals surface area contributed by atoms with Crippen molar-refractivity contribution in [2.45, 2.75) is 38.1 Å². The van der Waals surface area contributed by atoms with Gasteiger partial charge in [0.2, 0.25) is 0 Å². The molecule has 0 radical (unpaired) electrons. The molecule has 1 aromatic rings. The van der Waals surface area contributed by atoms with Gasteiger partial charge in [0.25, 0.3) is 0 Å². The Kier molecular flexibility index (Phi) is 5.77. The fourth-order valence-corrected chi connectivity index (χ4v) is 4.52. The zero-order chi connectivity index (χ0) is 15.4. The first-order chi connectivity index (χ1) is 10.8. The summed E-state index contributed by atoms with van der Waals surface area (Å²) in [4.78, 5) is 2.69. The normalized spacial score (nSPS) is 22.5. The van der Waals surface area contributed by atoms with E-state index in [0.29, 0.717) is 6.04 Å². The van der Waals surface area contributed by atoms with Crippen molar-refractivity contribution in [1.29, 1.82) is 0 Å². The van der Waals surface area contributed by atoms with Crippen molar-refractivity contribution in [3.63, 3.8) is 0 Å². The van der Waals surface area contributed by atoms with Gasteiger partial charge in [0.15, 0.2) is 0 Å². The highest BCUT2D eigenvalue weighted by Crippen LogP contribution is 2.42. The second-order valence-electron chi connectivity index (χ2n) is 6.52. The van der Waals surface area contributed by atoms with Crippen LogP contribution < -0.4 is 10.1 Å². The maximum absolute atomic E-state index is 5.48. The van der Waals surface area contributed by atoms with Gasteiger partial charge >= 0.3 is 0 Å². The van der Waals surface area contributed by atoms with Gasteiger partial charge in [0.05, 0.1) is 7.11 Å². The summed E-state index contributed by atoms with van der Waals surface area (Å²) in [5.74, 6) is 1.74. The van der Waals surface area contributed by atoms with Crippen molar-refractivity contribution < 1.29 is 4.74 Å². The van der Waals surface area contributed by atoms with E-state index in [-0.39, 0.29) is 0 Å². The molecule has 0 amide bonds. The largest absolute Gasteiger partial charge is 0.497 e. The summed E-state index contributed by atoms with van der Waals surface area (Å²) in [6, 6.07) is 6.95. The first-order valence-electron chi connectivity index (χ1n) is 8.58. The lowest BCUT2D eigenvalue weighted by molar-refractivity contribution is 0.103. The molecule has 0 spiro atoms. The maximum Gasteiger partial charge on any atom is 0.119 e. The van der Waals surface area contributed by atoms with Gasteiger partial charge in [-0.2, -0.15) is 0 Å². The lowest BCUT2D eigenvalue weighted by Crippen LogP contribution is -2.47. The number of rotatable bonds is 4. The smallest absolute Gasteiger partial charge is 0.119 e. The molecule has 3 nitrogen and oxygen atoms in total. The minimum Gasteiger partial charge on any atom is -0.497 e. The number of halogens is 1. The predicted octanol–water partition coefficient (Wildman–Crippen LogP) is 3.98. The fraction of sp³-hybridized carbons (Fsp3) is 0.667. The Morgan fingerprint density at radius 2 is 1.91 bits per heavy atom. The van der Waals surface area contributed by atoms with E-state index in [0.717, 1.165) is 37.8 Å². The van der Waals surface area contributed by atoms with E-state index in [1.807, 2.05) is 6.07 Å². The lowest BCUT2D eigenvalue weighted by Gasteiger charge is -2.41. The molecule has 0 unspecified atom stereocenters. The Hall–Kier alpha value is -0.580. The van der Waals surface area contributed by atoms with Crippen LogP contribution in [0.4, 0.5) is 0 Å². The summed E-state index contributed by atoms with van der Waals surface area (Å²) < 4.78 is 6.71. The molecule has 2 aliphatic rings. The first kappa shape index (κ1) is 16.3. The number of piperazine rings is 1. The van der Waals surface area contributed by atoms with E-state index < -0.39 is 0 Å². The molecule has 1 aliphatic carbocycles. The fourth-order valence-electron chi connectivity index (χ4n) is 4.03. The topological polar surface area (TPSA) is 24.5 Å². The van der Waals surface area contributed by atoms with Crippen molar-refractivity contribution in [2.24, 2.45) is 5.92 Å². The van der Waals surface area contributed by atoms with Crippen LogP contribution in [0, 0.1) is 5.92 Å². The minimum absolute atomic E-state index is 0.520. The average molecular weight is 367 g/mol. The molecule has 1 atom stereocenters. The van der Waals surface area contributed by atoms with Gasteiger partial charge in [0, 0.05) is 36.7 Å². The van der Waals surface area contributed by atoms with Crippen LogP contribution in [0.5, 0.6) is 5.75 Å². The minimum atomic E-state index is 0.520. The van der Waals surface area contributed by atoms with Crippen LogP contribution in [0.25, 0.3) is 0 Å². The molecule has 4 heteroatoms. The molecule has 2 fully saturated rings. The molecule has 3 rings (SSSR count). The summed E-state index contributed by atoms with van der Waals surface area (Å²) in [7, 11) is 1.76. The molecule has 1 saturated carbocycles. The lowest BCUT2D eigenvalue weighted by atomic mass is 9.80. The summed E-state index contributed by atoms with van der Waals surface area (Å²) in [6.45, 7) is 4.49. The Morgan fingerprint density at radius 3 is 2.59 bits per heavy atom. The standard InChI is InChI=1S/C18H27BrN2O/c1-22-15-7-8-17(19)16(13-15)18(14-5-3-2-4-6-14)21-11-9-20-10-12-21/h7-8,13-14,18,20H,2-6,9-12H2,1H3/t18-/m0/s1. The molecule has 1 aromatic carbocycles. The number of hydrogen-bond acceptors (Lipinski definition) is 3. The molecular weight excluding hydrogens is 340 g/mol. The van der Waals surface area contributed by atoms with Crippen molar-refractivity contribution in [2.75, 3.05) is 33.3 Å². The Bertz CT molecular complexity index is 464. The van der Waals surface area contributed by atoms with Crippen LogP contribution in [0.15, 0.2) is 22.7 Å². The maximum atomic E-state index is 5.48. The highest BCUT2D eigenvalue weighted by Gasteiger charge is 2.32. The van der Waals surface area contributed by atoms with E-state index >= 15 is 0 Å². The first-order valence-corrected chi connectivity index (χ1v) is 9.37. The Morgan fingerprint density at radius 1 is 1.18 bits per heavy atom. The molecule has 1 aliphatic heterocycles. The van der Waals surface area contributed by atoms with Crippen LogP contribution >= 0.6 is 15.9 Å². The average Bonchev–Trinajstić information content (AvgIpc) is 2.59. The van der Waals surface area contributed by atoms with Gasteiger partial charge in [-0.3, -0.25) is 4.90 Å². The molecular formula is C18H27BrN2O. The summed E-state index contributed by atoms with van der Waals surface area (Å²) in [6.07, 6.45) is 6.89. The zero-order valence-electron chi connectivity index (χ0n) is 13.5. The SMILES string of the molecule is COc1ccc(Br)c([C@H](C2CCCCC2)N2CCNCC2)c1. The Balaban J connectivity index is 1.92. The number of benzene rings is 1. The van der Waals surface area contributed by atoms with Crippen LogP contribution in [0.3, 0.4) is 0 Å². The van der Waals surface area contributed by atoms with E-state index in [9.17, 15) is 0 Å². The van der Waals surface area contributed by atoms with E-state index in [2.05, 4.69) is 38.3 Å². The number of nitrogens with one attached hydrogen (secondary N) is 1. The van der Waals surface area contributed by atoms with Crippen molar-refractivity contribution in [1.82, 2.24) is 10.2 Å². The molecule has 0 bridgehead atoms. The highest BCUT2D eigenvalue weighted by atomic mass is 79.9. The van der Waals surface area contributed by atoms with E-state index in [1.165, 1.54) is 42.1 Å².